The summed E-state index contributed by atoms with van der Waals surface area (Å²) in [7, 11) is 1.76. The number of benzene rings is 1. The first kappa shape index (κ1) is 13.5. The Morgan fingerprint density at radius 2 is 2.06 bits per heavy atom. The molecule has 1 aromatic rings. The lowest BCUT2D eigenvalue weighted by atomic mass is 10.2. The lowest BCUT2D eigenvalue weighted by Gasteiger charge is -2.15. The van der Waals surface area contributed by atoms with Gasteiger partial charge in [0.2, 0.25) is 0 Å². The quantitative estimate of drug-likeness (QED) is 0.766. The van der Waals surface area contributed by atoms with Crippen LogP contribution in [0.2, 0.25) is 0 Å². The van der Waals surface area contributed by atoms with Gasteiger partial charge in [-0.15, -0.1) is 0 Å². The van der Waals surface area contributed by atoms with E-state index in [1.807, 2.05) is 37.3 Å². The number of urea groups is 1. The van der Waals surface area contributed by atoms with Gasteiger partial charge in [-0.2, -0.15) is 0 Å². The van der Waals surface area contributed by atoms with Crippen LogP contribution in [0, 0.1) is 0 Å². The maximum atomic E-state index is 11.4. The number of hydrogen-bond acceptors (Lipinski definition) is 2. The highest BCUT2D eigenvalue weighted by Gasteiger charge is 2.03. The SMILES string of the molecule is CCN(C)C(=O)NCCOCc1ccccc1. The second-order valence-electron chi connectivity index (χ2n) is 3.78. The van der Waals surface area contributed by atoms with E-state index < -0.39 is 0 Å². The number of ether oxygens (including phenoxy) is 1. The van der Waals surface area contributed by atoms with Gasteiger partial charge < -0.3 is 15.0 Å². The number of carbonyl (C=O) groups is 1. The highest BCUT2D eigenvalue weighted by atomic mass is 16.5. The molecular weight excluding hydrogens is 216 g/mol. The molecule has 1 aromatic carbocycles. The molecule has 0 bridgehead atoms. The first-order valence-corrected chi connectivity index (χ1v) is 5.84. The van der Waals surface area contributed by atoms with Crippen molar-refractivity contribution in [3.8, 4) is 0 Å². The van der Waals surface area contributed by atoms with E-state index in [0.717, 1.165) is 5.56 Å². The molecule has 0 aromatic heterocycles. The van der Waals surface area contributed by atoms with Crippen molar-refractivity contribution in [2.75, 3.05) is 26.7 Å². The van der Waals surface area contributed by atoms with Crippen molar-refractivity contribution in [3.05, 3.63) is 35.9 Å². The summed E-state index contributed by atoms with van der Waals surface area (Å²) >= 11 is 0. The molecule has 0 saturated heterocycles. The van der Waals surface area contributed by atoms with Crippen LogP contribution in [0.1, 0.15) is 12.5 Å². The molecule has 0 radical (unpaired) electrons. The number of nitrogens with one attached hydrogen (secondary N) is 1. The zero-order valence-electron chi connectivity index (χ0n) is 10.5. The molecule has 0 aliphatic heterocycles. The molecule has 2 amide bonds. The Bertz CT molecular complexity index is 327. The molecule has 0 heterocycles. The van der Waals surface area contributed by atoms with Crippen LogP contribution < -0.4 is 5.32 Å². The van der Waals surface area contributed by atoms with Gasteiger partial charge in [0, 0.05) is 20.1 Å². The highest BCUT2D eigenvalue weighted by molar-refractivity contribution is 5.73. The van der Waals surface area contributed by atoms with E-state index in [2.05, 4.69) is 5.32 Å². The average Bonchev–Trinajstić information content (AvgIpc) is 2.38. The molecule has 4 heteroatoms. The summed E-state index contributed by atoms with van der Waals surface area (Å²) in [6.45, 7) is 4.29. The fraction of sp³-hybridized carbons (Fsp3) is 0.462. The van der Waals surface area contributed by atoms with Crippen LogP contribution in [0.25, 0.3) is 0 Å². The Morgan fingerprint density at radius 1 is 1.35 bits per heavy atom. The van der Waals surface area contributed by atoms with Gasteiger partial charge in [-0.25, -0.2) is 4.79 Å². The third-order valence-electron chi connectivity index (χ3n) is 2.46. The summed E-state index contributed by atoms with van der Waals surface area (Å²) in [4.78, 5) is 13.0. The second kappa shape index (κ2) is 7.68. The summed E-state index contributed by atoms with van der Waals surface area (Å²) in [6.07, 6.45) is 0. The van der Waals surface area contributed by atoms with Crippen LogP contribution >= 0.6 is 0 Å². The van der Waals surface area contributed by atoms with Gasteiger partial charge >= 0.3 is 6.03 Å². The topological polar surface area (TPSA) is 41.6 Å². The van der Waals surface area contributed by atoms with Crippen LogP contribution in [0.3, 0.4) is 0 Å². The van der Waals surface area contributed by atoms with Crippen LogP contribution in [0.15, 0.2) is 30.3 Å². The molecule has 0 atom stereocenters. The summed E-state index contributed by atoms with van der Waals surface area (Å²) in [5.74, 6) is 0. The van der Waals surface area contributed by atoms with E-state index in [4.69, 9.17) is 4.74 Å². The van der Waals surface area contributed by atoms with Crippen molar-refractivity contribution in [2.45, 2.75) is 13.5 Å². The Morgan fingerprint density at radius 3 is 2.71 bits per heavy atom. The lowest BCUT2D eigenvalue weighted by molar-refractivity contribution is 0.122. The first-order chi connectivity index (χ1) is 8.24. The summed E-state index contributed by atoms with van der Waals surface area (Å²) in [5, 5.41) is 2.78. The van der Waals surface area contributed by atoms with E-state index in [9.17, 15) is 4.79 Å². The zero-order chi connectivity index (χ0) is 12.5. The molecule has 1 N–H and O–H groups in total. The number of nitrogens with zero attached hydrogens (tertiary/aromatic N) is 1. The van der Waals surface area contributed by atoms with Gasteiger partial charge in [-0.05, 0) is 12.5 Å². The van der Waals surface area contributed by atoms with Crippen LogP contribution in [-0.4, -0.2) is 37.7 Å². The maximum absolute atomic E-state index is 11.4. The van der Waals surface area contributed by atoms with Gasteiger partial charge in [0.25, 0.3) is 0 Å². The predicted molar refractivity (Wildman–Crippen MR) is 67.8 cm³/mol. The molecular formula is C13H20N2O2. The van der Waals surface area contributed by atoms with E-state index >= 15 is 0 Å². The summed E-state index contributed by atoms with van der Waals surface area (Å²) < 4.78 is 5.45. The van der Waals surface area contributed by atoms with E-state index in [0.29, 0.717) is 26.3 Å². The molecule has 0 unspecified atom stereocenters. The largest absolute Gasteiger partial charge is 0.375 e. The van der Waals surface area contributed by atoms with Gasteiger partial charge in [0.1, 0.15) is 0 Å². The Kier molecular flexibility index (Phi) is 6.10. The maximum Gasteiger partial charge on any atom is 0.317 e. The minimum absolute atomic E-state index is 0.0594. The van der Waals surface area contributed by atoms with Crippen molar-refractivity contribution >= 4 is 6.03 Å². The van der Waals surface area contributed by atoms with Crippen LogP contribution in [0.4, 0.5) is 4.79 Å². The van der Waals surface area contributed by atoms with Gasteiger partial charge in [0.15, 0.2) is 0 Å². The molecule has 0 saturated carbocycles. The van der Waals surface area contributed by atoms with E-state index in [1.165, 1.54) is 0 Å². The van der Waals surface area contributed by atoms with E-state index in [1.54, 1.807) is 11.9 Å². The fourth-order valence-corrected chi connectivity index (χ4v) is 1.27. The number of rotatable bonds is 6. The van der Waals surface area contributed by atoms with E-state index in [-0.39, 0.29) is 6.03 Å². The molecule has 4 nitrogen and oxygen atoms in total. The Hall–Kier alpha value is -1.55. The molecule has 1 rings (SSSR count). The molecule has 0 spiro atoms. The molecule has 0 aliphatic rings. The normalized spacial score (nSPS) is 10.0. The van der Waals surface area contributed by atoms with Gasteiger partial charge in [-0.3, -0.25) is 0 Å². The van der Waals surface area contributed by atoms with Crippen molar-refractivity contribution < 1.29 is 9.53 Å². The monoisotopic (exact) mass is 236 g/mol. The molecule has 0 fully saturated rings. The number of carbonyl (C=O) groups excluding carboxylic acids is 1. The molecule has 0 aliphatic carbocycles. The van der Waals surface area contributed by atoms with Crippen LogP contribution in [0.5, 0.6) is 0 Å². The van der Waals surface area contributed by atoms with Crippen LogP contribution in [-0.2, 0) is 11.3 Å². The third kappa shape index (κ3) is 5.36. The smallest absolute Gasteiger partial charge is 0.317 e. The zero-order valence-corrected chi connectivity index (χ0v) is 10.5. The summed E-state index contributed by atoms with van der Waals surface area (Å²) in [5.41, 5.74) is 1.14. The average molecular weight is 236 g/mol. The standard InChI is InChI=1S/C13H20N2O2/c1-3-15(2)13(16)14-9-10-17-11-12-7-5-4-6-8-12/h4-8H,3,9-11H2,1-2H3,(H,14,16). The van der Waals surface area contributed by atoms with Crippen molar-refractivity contribution in [3.63, 3.8) is 0 Å². The third-order valence-corrected chi connectivity index (χ3v) is 2.46. The van der Waals surface area contributed by atoms with Crippen molar-refractivity contribution in [2.24, 2.45) is 0 Å². The minimum Gasteiger partial charge on any atom is -0.375 e. The predicted octanol–water partition coefficient (Wildman–Crippen LogP) is 1.86. The number of hydrogen-bond donors (Lipinski definition) is 1. The van der Waals surface area contributed by atoms with Gasteiger partial charge in [-0.1, -0.05) is 30.3 Å². The Labute approximate surface area is 103 Å². The Balaban J connectivity index is 2.07. The second-order valence-corrected chi connectivity index (χ2v) is 3.78. The minimum atomic E-state index is -0.0594. The summed E-state index contributed by atoms with van der Waals surface area (Å²) in [6, 6.07) is 9.92. The molecule has 94 valence electrons. The van der Waals surface area contributed by atoms with Crippen molar-refractivity contribution in [1.82, 2.24) is 10.2 Å². The highest BCUT2D eigenvalue weighted by Crippen LogP contribution is 1.99. The fourth-order valence-electron chi connectivity index (χ4n) is 1.27. The molecule has 17 heavy (non-hydrogen) atoms. The van der Waals surface area contributed by atoms with Crippen molar-refractivity contribution in [1.29, 1.82) is 0 Å². The lowest BCUT2D eigenvalue weighted by Crippen LogP contribution is -2.38. The number of amides is 2. The first-order valence-electron chi connectivity index (χ1n) is 5.84. The van der Waals surface area contributed by atoms with Gasteiger partial charge in [0.05, 0.1) is 13.2 Å².